The lowest BCUT2D eigenvalue weighted by Crippen LogP contribution is -2.40. The molecule has 1 amide bonds. The molecule has 0 unspecified atom stereocenters. The Labute approximate surface area is 151 Å². The average Bonchev–Trinajstić information content (AvgIpc) is 2.84. The molecule has 3 rings (SSSR count). The second-order valence-electron chi connectivity index (χ2n) is 5.76. The second-order valence-corrected chi connectivity index (χ2v) is 6.97. The van der Waals surface area contributed by atoms with E-state index in [-0.39, 0.29) is 17.2 Å². The second kappa shape index (κ2) is 8.06. The number of nitriles is 1. The molecule has 128 valence electrons. The Morgan fingerprint density at radius 2 is 2.00 bits per heavy atom. The zero-order chi connectivity index (χ0) is 17.6. The third-order valence-corrected chi connectivity index (χ3v) is 5.33. The predicted molar refractivity (Wildman–Crippen MR) is 98.5 cm³/mol. The average molecular weight is 353 g/mol. The molecule has 1 aliphatic heterocycles. The number of nitrogens with one attached hydrogen (secondary N) is 1. The van der Waals surface area contributed by atoms with Crippen molar-refractivity contribution < 1.29 is 9.53 Å². The maximum absolute atomic E-state index is 12.4. The van der Waals surface area contributed by atoms with Gasteiger partial charge in [-0.1, -0.05) is 24.3 Å². The first-order chi connectivity index (χ1) is 12.2. The van der Waals surface area contributed by atoms with Gasteiger partial charge in [-0.05, 0) is 42.0 Å². The lowest BCUT2D eigenvalue weighted by molar-refractivity contribution is -0.121. The van der Waals surface area contributed by atoms with Crippen LogP contribution >= 0.6 is 11.8 Å². The van der Waals surface area contributed by atoms with Gasteiger partial charge in [0.1, 0.15) is 22.8 Å². The Bertz CT molecular complexity index is 786. The Hall–Kier alpha value is -2.49. The normalized spacial score (nSPS) is 20.2. The number of carbonyl (C=O) groups excluding carboxylic acids is 1. The Morgan fingerprint density at radius 3 is 2.72 bits per heavy atom. The number of nitrogens with zero attached hydrogens (tertiary/aromatic N) is 1. The Kier molecular flexibility index (Phi) is 5.59. The minimum Gasteiger partial charge on any atom is -0.456 e. The standard InChI is InChI=1S/C19H19N3O2S/c20-11-14-3-1-2-4-17(14)24-16-7-5-13(6-8-16)18-19(23)22-15(12-21)9-10-25-18/h1-8,15,18H,9-10,12,21H2,(H,22,23)/t15-,18+/m0/s1. The molecule has 1 heterocycles. The SMILES string of the molecule is N#Cc1ccccc1Oc1ccc([C@H]2SCC[C@@H](CN)NC2=O)cc1. The number of para-hydroxylation sites is 1. The summed E-state index contributed by atoms with van der Waals surface area (Å²) in [6.45, 7) is 0.462. The van der Waals surface area contributed by atoms with Crippen molar-refractivity contribution in [2.75, 3.05) is 12.3 Å². The van der Waals surface area contributed by atoms with Crippen LogP contribution in [0.1, 0.15) is 22.8 Å². The summed E-state index contributed by atoms with van der Waals surface area (Å²) in [7, 11) is 0. The van der Waals surface area contributed by atoms with Crippen molar-refractivity contribution in [3.63, 3.8) is 0 Å². The largest absolute Gasteiger partial charge is 0.456 e. The van der Waals surface area contributed by atoms with Gasteiger partial charge in [-0.25, -0.2) is 0 Å². The summed E-state index contributed by atoms with van der Waals surface area (Å²) >= 11 is 1.63. The van der Waals surface area contributed by atoms with Gasteiger partial charge >= 0.3 is 0 Å². The molecule has 0 radical (unpaired) electrons. The highest BCUT2D eigenvalue weighted by Gasteiger charge is 2.26. The van der Waals surface area contributed by atoms with Gasteiger partial charge in [-0.2, -0.15) is 5.26 Å². The van der Waals surface area contributed by atoms with Crippen molar-refractivity contribution in [1.82, 2.24) is 5.32 Å². The number of thioether (sulfide) groups is 1. The van der Waals surface area contributed by atoms with Crippen LogP contribution in [0.4, 0.5) is 0 Å². The van der Waals surface area contributed by atoms with Gasteiger partial charge < -0.3 is 15.8 Å². The van der Waals surface area contributed by atoms with Gasteiger partial charge in [0.25, 0.3) is 0 Å². The van der Waals surface area contributed by atoms with E-state index >= 15 is 0 Å². The van der Waals surface area contributed by atoms with E-state index < -0.39 is 0 Å². The highest BCUT2D eigenvalue weighted by molar-refractivity contribution is 8.00. The summed E-state index contributed by atoms with van der Waals surface area (Å²) in [6, 6.07) is 16.7. The molecule has 1 fully saturated rings. The smallest absolute Gasteiger partial charge is 0.237 e. The summed E-state index contributed by atoms with van der Waals surface area (Å²) < 4.78 is 5.78. The Morgan fingerprint density at radius 1 is 1.24 bits per heavy atom. The lowest BCUT2D eigenvalue weighted by atomic mass is 10.1. The van der Waals surface area contributed by atoms with E-state index in [1.807, 2.05) is 30.3 Å². The molecule has 2 aromatic carbocycles. The Balaban J connectivity index is 1.74. The van der Waals surface area contributed by atoms with E-state index in [4.69, 9.17) is 15.7 Å². The molecule has 0 saturated carbocycles. The van der Waals surface area contributed by atoms with E-state index in [0.29, 0.717) is 23.6 Å². The fraction of sp³-hybridized carbons (Fsp3) is 0.263. The first-order valence-corrected chi connectivity index (χ1v) is 9.15. The van der Waals surface area contributed by atoms with Gasteiger partial charge in [0.05, 0.1) is 5.56 Å². The number of benzene rings is 2. The minimum absolute atomic E-state index is 0.00134. The van der Waals surface area contributed by atoms with Crippen molar-refractivity contribution in [3.8, 4) is 17.6 Å². The molecule has 2 aromatic rings. The van der Waals surface area contributed by atoms with Crippen LogP contribution in [0.3, 0.4) is 0 Å². The molecule has 0 spiro atoms. The van der Waals surface area contributed by atoms with Crippen LogP contribution in [0, 0.1) is 11.3 Å². The number of nitrogens with two attached hydrogens (primary N) is 1. The molecule has 2 atom stereocenters. The molecular weight excluding hydrogens is 334 g/mol. The monoisotopic (exact) mass is 353 g/mol. The zero-order valence-electron chi connectivity index (χ0n) is 13.6. The van der Waals surface area contributed by atoms with Crippen LogP contribution in [-0.4, -0.2) is 24.2 Å². The summed E-state index contributed by atoms with van der Waals surface area (Å²) in [5, 5.41) is 11.9. The van der Waals surface area contributed by atoms with Gasteiger partial charge in [0.2, 0.25) is 5.91 Å². The summed E-state index contributed by atoms with van der Waals surface area (Å²) in [5.74, 6) is 2.04. The molecule has 1 saturated heterocycles. The van der Waals surface area contributed by atoms with Crippen LogP contribution in [-0.2, 0) is 4.79 Å². The first kappa shape index (κ1) is 17.3. The van der Waals surface area contributed by atoms with E-state index in [0.717, 1.165) is 17.7 Å². The van der Waals surface area contributed by atoms with E-state index in [2.05, 4.69) is 11.4 Å². The molecule has 5 nitrogen and oxygen atoms in total. The summed E-state index contributed by atoms with van der Waals surface area (Å²) in [4.78, 5) is 12.4. The van der Waals surface area contributed by atoms with Crippen molar-refractivity contribution in [2.45, 2.75) is 17.7 Å². The third kappa shape index (κ3) is 4.13. The number of hydrogen-bond acceptors (Lipinski definition) is 5. The molecule has 6 heteroatoms. The zero-order valence-corrected chi connectivity index (χ0v) is 14.5. The maximum atomic E-state index is 12.4. The van der Waals surface area contributed by atoms with Gasteiger partial charge in [-0.15, -0.1) is 11.8 Å². The molecule has 0 aromatic heterocycles. The molecule has 1 aliphatic rings. The molecule has 0 bridgehead atoms. The van der Waals surface area contributed by atoms with E-state index in [1.54, 1.807) is 30.0 Å². The van der Waals surface area contributed by atoms with Gasteiger partial charge in [-0.3, -0.25) is 4.79 Å². The number of carbonyl (C=O) groups is 1. The number of rotatable bonds is 4. The van der Waals surface area contributed by atoms with Crippen LogP contribution < -0.4 is 15.8 Å². The van der Waals surface area contributed by atoms with Crippen molar-refractivity contribution in [1.29, 1.82) is 5.26 Å². The van der Waals surface area contributed by atoms with Crippen molar-refractivity contribution in [2.24, 2.45) is 5.73 Å². The molecule has 0 aliphatic carbocycles. The van der Waals surface area contributed by atoms with E-state index in [9.17, 15) is 4.79 Å². The van der Waals surface area contributed by atoms with E-state index in [1.165, 1.54) is 0 Å². The fourth-order valence-electron chi connectivity index (χ4n) is 2.66. The number of hydrogen-bond donors (Lipinski definition) is 2. The first-order valence-electron chi connectivity index (χ1n) is 8.10. The lowest BCUT2D eigenvalue weighted by Gasteiger charge is -2.16. The van der Waals surface area contributed by atoms with Crippen molar-refractivity contribution >= 4 is 17.7 Å². The van der Waals surface area contributed by atoms with Crippen LogP contribution in [0.25, 0.3) is 0 Å². The highest BCUT2D eigenvalue weighted by Crippen LogP contribution is 2.34. The van der Waals surface area contributed by atoms with Gasteiger partial charge in [0, 0.05) is 12.6 Å². The van der Waals surface area contributed by atoms with Crippen LogP contribution in [0.2, 0.25) is 0 Å². The van der Waals surface area contributed by atoms with Crippen LogP contribution in [0.15, 0.2) is 48.5 Å². The molecule has 25 heavy (non-hydrogen) atoms. The highest BCUT2D eigenvalue weighted by atomic mass is 32.2. The fourth-order valence-corrected chi connectivity index (χ4v) is 3.89. The maximum Gasteiger partial charge on any atom is 0.237 e. The van der Waals surface area contributed by atoms with Crippen molar-refractivity contribution in [3.05, 3.63) is 59.7 Å². The number of amides is 1. The summed E-state index contributed by atoms with van der Waals surface area (Å²) in [5.41, 5.74) is 7.09. The summed E-state index contributed by atoms with van der Waals surface area (Å²) in [6.07, 6.45) is 0.884. The quantitative estimate of drug-likeness (QED) is 0.882. The predicted octanol–water partition coefficient (Wildman–Crippen LogP) is 2.97. The topological polar surface area (TPSA) is 88.1 Å². The molecule has 3 N–H and O–H groups in total. The molecular formula is C19H19N3O2S. The third-order valence-electron chi connectivity index (χ3n) is 4.04. The van der Waals surface area contributed by atoms with Crippen LogP contribution in [0.5, 0.6) is 11.5 Å². The minimum atomic E-state index is -0.239. The number of ether oxygens (including phenoxy) is 1. The van der Waals surface area contributed by atoms with Gasteiger partial charge in [0.15, 0.2) is 0 Å².